The molecule has 1 N–H and O–H groups in total. The lowest BCUT2D eigenvalue weighted by molar-refractivity contribution is -0.122. The molecule has 1 heterocycles. The van der Waals surface area contributed by atoms with Crippen molar-refractivity contribution in [2.75, 3.05) is 32.5 Å². The van der Waals surface area contributed by atoms with Crippen LogP contribution in [0.4, 0.5) is 0 Å². The zero-order valence-electron chi connectivity index (χ0n) is 13.7. The molecule has 134 valence electrons. The lowest BCUT2D eigenvalue weighted by atomic mass is 10.1. The van der Waals surface area contributed by atoms with Gasteiger partial charge in [-0.05, 0) is 30.5 Å². The number of nitrogens with one attached hydrogen (secondary N) is 1. The molecule has 24 heavy (non-hydrogen) atoms. The van der Waals surface area contributed by atoms with Crippen LogP contribution in [-0.4, -0.2) is 57.2 Å². The molecule has 1 aliphatic rings. The van der Waals surface area contributed by atoms with E-state index < -0.39 is 10.0 Å². The molecule has 1 fully saturated rings. The van der Waals surface area contributed by atoms with Crippen LogP contribution in [0.1, 0.15) is 18.4 Å². The van der Waals surface area contributed by atoms with E-state index in [0.29, 0.717) is 31.1 Å². The number of benzene rings is 1. The van der Waals surface area contributed by atoms with Crippen molar-refractivity contribution >= 4 is 27.5 Å². The van der Waals surface area contributed by atoms with Crippen LogP contribution in [0.2, 0.25) is 5.02 Å². The van der Waals surface area contributed by atoms with Crippen molar-refractivity contribution in [1.82, 2.24) is 9.62 Å². The van der Waals surface area contributed by atoms with Gasteiger partial charge in [0, 0.05) is 31.1 Å². The van der Waals surface area contributed by atoms with Gasteiger partial charge in [-0.3, -0.25) is 4.79 Å². The molecule has 0 saturated carbocycles. The predicted octanol–water partition coefficient (Wildman–Crippen LogP) is 1.44. The average molecular weight is 375 g/mol. The Balaban J connectivity index is 1.66. The highest BCUT2D eigenvalue weighted by molar-refractivity contribution is 7.88. The first-order valence-corrected chi connectivity index (χ1v) is 10.1. The van der Waals surface area contributed by atoms with Gasteiger partial charge < -0.3 is 10.1 Å². The fourth-order valence-corrected chi connectivity index (χ4v) is 3.51. The molecular formula is C16H23ClN2O4S. The number of hydrogen-bond acceptors (Lipinski definition) is 4. The molecule has 0 aliphatic carbocycles. The molecule has 1 amide bonds. The second-order valence-electron chi connectivity index (χ2n) is 5.90. The Labute approximate surface area is 148 Å². The average Bonchev–Trinajstić information content (AvgIpc) is 2.54. The smallest absolute Gasteiger partial charge is 0.220 e. The SMILES string of the molecule is CS(=O)(=O)N1CCO[C@@H](CNC(=O)CCCc2ccc(Cl)cc2)C1. The van der Waals surface area contributed by atoms with E-state index in [0.717, 1.165) is 18.4 Å². The van der Waals surface area contributed by atoms with Gasteiger partial charge in [0.15, 0.2) is 0 Å². The standard InChI is InChI=1S/C16H23ClN2O4S/c1-24(21,22)19-9-10-23-15(12-19)11-18-16(20)4-2-3-13-5-7-14(17)8-6-13/h5-8,15H,2-4,9-12H2,1H3,(H,18,20)/t15-/m0/s1. The van der Waals surface area contributed by atoms with Crippen LogP contribution in [0.3, 0.4) is 0 Å². The summed E-state index contributed by atoms with van der Waals surface area (Å²) in [5.41, 5.74) is 1.15. The van der Waals surface area contributed by atoms with E-state index in [4.69, 9.17) is 16.3 Å². The van der Waals surface area contributed by atoms with Crippen molar-refractivity contribution in [3.05, 3.63) is 34.9 Å². The second-order valence-corrected chi connectivity index (χ2v) is 8.32. The third kappa shape index (κ3) is 6.39. The zero-order chi connectivity index (χ0) is 17.6. The summed E-state index contributed by atoms with van der Waals surface area (Å²) in [5.74, 6) is -0.0518. The summed E-state index contributed by atoms with van der Waals surface area (Å²) < 4.78 is 30.0. The number of halogens is 1. The molecule has 1 aliphatic heterocycles. The van der Waals surface area contributed by atoms with Crippen LogP contribution in [-0.2, 0) is 26.0 Å². The summed E-state index contributed by atoms with van der Waals surface area (Å²) in [6, 6.07) is 7.58. The quantitative estimate of drug-likeness (QED) is 0.783. The molecule has 6 nitrogen and oxygen atoms in total. The van der Waals surface area contributed by atoms with Gasteiger partial charge >= 0.3 is 0 Å². The lowest BCUT2D eigenvalue weighted by Gasteiger charge is -2.31. The molecule has 0 aromatic heterocycles. The van der Waals surface area contributed by atoms with Gasteiger partial charge in [-0.2, -0.15) is 4.31 Å². The summed E-state index contributed by atoms with van der Waals surface area (Å²) in [6.45, 7) is 1.32. The molecule has 0 unspecified atom stereocenters. The highest BCUT2D eigenvalue weighted by Crippen LogP contribution is 2.12. The lowest BCUT2D eigenvalue weighted by Crippen LogP contribution is -2.49. The number of ether oxygens (including phenoxy) is 1. The highest BCUT2D eigenvalue weighted by atomic mass is 35.5. The fraction of sp³-hybridized carbons (Fsp3) is 0.562. The molecule has 1 aromatic carbocycles. The number of hydrogen-bond donors (Lipinski definition) is 1. The van der Waals surface area contributed by atoms with Crippen LogP contribution < -0.4 is 5.32 Å². The van der Waals surface area contributed by atoms with Crippen molar-refractivity contribution in [2.45, 2.75) is 25.4 Å². The van der Waals surface area contributed by atoms with Crippen LogP contribution in [0.15, 0.2) is 24.3 Å². The summed E-state index contributed by atoms with van der Waals surface area (Å²) in [6.07, 6.45) is 2.87. The van der Waals surface area contributed by atoms with Gasteiger partial charge in [-0.15, -0.1) is 0 Å². The summed E-state index contributed by atoms with van der Waals surface area (Å²) in [7, 11) is -3.21. The van der Waals surface area contributed by atoms with Gasteiger partial charge in [-0.1, -0.05) is 23.7 Å². The number of carbonyl (C=O) groups is 1. The largest absolute Gasteiger partial charge is 0.374 e. The van der Waals surface area contributed by atoms with E-state index in [1.54, 1.807) is 0 Å². The fourth-order valence-electron chi connectivity index (χ4n) is 2.54. The Morgan fingerprint density at radius 1 is 1.38 bits per heavy atom. The zero-order valence-corrected chi connectivity index (χ0v) is 15.3. The van der Waals surface area contributed by atoms with Crippen molar-refractivity contribution < 1.29 is 17.9 Å². The van der Waals surface area contributed by atoms with Crippen molar-refractivity contribution in [3.8, 4) is 0 Å². The Bertz CT molecular complexity index is 649. The molecule has 0 bridgehead atoms. The van der Waals surface area contributed by atoms with Crippen LogP contribution in [0.5, 0.6) is 0 Å². The van der Waals surface area contributed by atoms with E-state index in [-0.39, 0.29) is 18.6 Å². The highest BCUT2D eigenvalue weighted by Gasteiger charge is 2.26. The van der Waals surface area contributed by atoms with Gasteiger partial charge in [0.1, 0.15) is 0 Å². The number of morpholine rings is 1. The van der Waals surface area contributed by atoms with Crippen molar-refractivity contribution in [2.24, 2.45) is 0 Å². The molecule has 2 rings (SSSR count). The van der Waals surface area contributed by atoms with Crippen LogP contribution in [0.25, 0.3) is 0 Å². The first-order valence-electron chi connectivity index (χ1n) is 7.92. The number of nitrogens with zero attached hydrogens (tertiary/aromatic N) is 1. The van der Waals surface area contributed by atoms with Crippen LogP contribution in [0, 0.1) is 0 Å². The number of amides is 1. The maximum Gasteiger partial charge on any atom is 0.220 e. The molecule has 1 atom stereocenters. The maximum atomic E-state index is 11.9. The Hall–Kier alpha value is -1.15. The summed E-state index contributed by atoms with van der Waals surface area (Å²) >= 11 is 5.83. The monoisotopic (exact) mass is 374 g/mol. The van der Waals surface area contributed by atoms with E-state index in [1.165, 1.54) is 10.6 Å². The predicted molar refractivity (Wildman–Crippen MR) is 93.6 cm³/mol. The summed E-state index contributed by atoms with van der Waals surface area (Å²) in [5, 5.41) is 3.51. The van der Waals surface area contributed by atoms with Crippen molar-refractivity contribution in [1.29, 1.82) is 0 Å². The van der Waals surface area contributed by atoms with Gasteiger partial charge in [0.2, 0.25) is 15.9 Å². The molecule has 0 spiro atoms. The third-order valence-electron chi connectivity index (χ3n) is 3.88. The third-order valence-corrected chi connectivity index (χ3v) is 5.40. The second kappa shape index (κ2) is 8.80. The van der Waals surface area contributed by atoms with E-state index in [2.05, 4.69) is 5.32 Å². The van der Waals surface area contributed by atoms with E-state index in [9.17, 15) is 13.2 Å². The van der Waals surface area contributed by atoms with Crippen molar-refractivity contribution in [3.63, 3.8) is 0 Å². The first kappa shape index (κ1) is 19.2. The summed E-state index contributed by atoms with van der Waals surface area (Å²) in [4.78, 5) is 11.9. The van der Waals surface area contributed by atoms with Gasteiger partial charge in [-0.25, -0.2) is 8.42 Å². The normalized spacial score (nSPS) is 19.2. The Morgan fingerprint density at radius 2 is 2.08 bits per heavy atom. The van der Waals surface area contributed by atoms with E-state index in [1.807, 2.05) is 24.3 Å². The van der Waals surface area contributed by atoms with E-state index >= 15 is 0 Å². The molecular weight excluding hydrogens is 352 g/mol. The first-order chi connectivity index (χ1) is 11.3. The minimum atomic E-state index is -3.21. The number of sulfonamides is 1. The minimum Gasteiger partial charge on any atom is -0.374 e. The minimum absolute atomic E-state index is 0.0518. The Morgan fingerprint density at radius 3 is 2.75 bits per heavy atom. The number of rotatable bonds is 7. The van der Waals surface area contributed by atoms with Gasteiger partial charge in [0.25, 0.3) is 0 Å². The number of carbonyl (C=O) groups excluding carboxylic acids is 1. The molecule has 0 radical (unpaired) electrons. The topological polar surface area (TPSA) is 75.7 Å². The Kier molecular flexibility index (Phi) is 7.03. The molecule has 1 aromatic rings. The maximum absolute atomic E-state index is 11.9. The molecule has 8 heteroatoms. The van der Waals surface area contributed by atoms with Crippen LogP contribution >= 0.6 is 11.6 Å². The molecule has 1 saturated heterocycles. The van der Waals surface area contributed by atoms with Gasteiger partial charge in [0.05, 0.1) is 19.0 Å². The number of aryl methyl sites for hydroxylation is 1.